The highest BCUT2D eigenvalue weighted by atomic mass is 16.6. The average molecular weight is 371 g/mol. The molecule has 2 fully saturated rings. The Labute approximate surface area is 163 Å². The van der Waals surface area contributed by atoms with E-state index in [9.17, 15) is 4.79 Å². The van der Waals surface area contributed by atoms with Gasteiger partial charge in [-0.25, -0.2) is 4.79 Å². The Hall–Kier alpha value is -1.81. The molecule has 2 saturated carbocycles. The molecule has 2 aliphatic rings. The molecule has 148 valence electrons. The number of nitrogens with one attached hydrogen (secondary N) is 2. The predicted octanol–water partition coefficient (Wildman–Crippen LogP) is 4.90. The van der Waals surface area contributed by atoms with E-state index < -0.39 is 5.60 Å². The third-order valence-corrected chi connectivity index (χ3v) is 5.47. The number of alkyl carbamates (subject to hydrolysis) is 1. The lowest BCUT2D eigenvalue weighted by Gasteiger charge is -2.30. The van der Waals surface area contributed by atoms with Crippen LogP contribution in [-0.2, 0) is 4.74 Å². The zero-order valence-electron chi connectivity index (χ0n) is 17.1. The van der Waals surface area contributed by atoms with Gasteiger partial charge in [0.1, 0.15) is 5.60 Å². The molecule has 3 rings (SSSR count). The molecular formula is C23H34N2O2. The molecular weight excluding hydrogens is 336 g/mol. The molecule has 1 aromatic carbocycles. The number of benzene rings is 1. The van der Waals surface area contributed by atoms with Gasteiger partial charge in [0.05, 0.1) is 0 Å². The van der Waals surface area contributed by atoms with Crippen molar-refractivity contribution in [2.24, 2.45) is 5.92 Å². The third-order valence-electron chi connectivity index (χ3n) is 5.47. The Morgan fingerprint density at radius 1 is 1.07 bits per heavy atom. The molecule has 1 aromatic rings. The molecule has 0 saturated heterocycles. The van der Waals surface area contributed by atoms with Gasteiger partial charge in [-0.2, -0.15) is 0 Å². The highest BCUT2D eigenvalue weighted by molar-refractivity contribution is 5.68. The smallest absolute Gasteiger partial charge is 0.407 e. The second kappa shape index (κ2) is 8.47. The first kappa shape index (κ1) is 19.9. The summed E-state index contributed by atoms with van der Waals surface area (Å²) in [6.45, 7) is 7.94. The number of hydrogen-bond donors (Lipinski definition) is 2. The van der Waals surface area contributed by atoms with Gasteiger partial charge in [-0.15, -0.1) is 0 Å². The summed E-state index contributed by atoms with van der Waals surface area (Å²) < 4.78 is 5.36. The molecule has 4 nitrogen and oxygen atoms in total. The van der Waals surface area contributed by atoms with Gasteiger partial charge in [-0.3, -0.25) is 0 Å². The zero-order chi connectivity index (χ0) is 19.4. The van der Waals surface area contributed by atoms with Crippen molar-refractivity contribution < 1.29 is 9.53 Å². The number of carbonyl (C=O) groups excluding carboxylic acids is 1. The van der Waals surface area contributed by atoms with Crippen LogP contribution in [0.3, 0.4) is 0 Å². The Balaban J connectivity index is 1.38. The minimum absolute atomic E-state index is 0.243. The summed E-state index contributed by atoms with van der Waals surface area (Å²) in [7, 11) is 0. The molecule has 1 amide bonds. The normalized spacial score (nSPS) is 28.5. The molecule has 0 aliphatic heterocycles. The lowest BCUT2D eigenvalue weighted by molar-refractivity contribution is 0.0489. The average Bonchev–Trinajstić information content (AvgIpc) is 3.35. The van der Waals surface area contributed by atoms with Crippen molar-refractivity contribution in [3.05, 3.63) is 41.5 Å². The molecule has 0 unspecified atom stereocenters. The van der Waals surface area contributed by atoms with Crippen molar-refractivity contribution in [3.8, 4) is 0 Å². The SMILES string of the molecule is C/C(=C\c1ccccc1)[C@H]1C[C@@H]1N[C@H]1CC[C@H](NC(=O)OC(C)(C)C)CC1. The number of hydrogen-bond acceptors (Lipinski definition) is 3. The maximum absolute atomic E-state index is 11.9. The first-order chi connectivity index (χ1) is 12.8. The van der Waals surface area contributed by atoms with Crippen LogP contribution >= 0.6 is 0 Å². The molecule has 4 heteroatoms. The van der Waals surface area contributed by atoms with Crippen LogP contribution in [0.2, 0.25) is 0 Å². The van der Waals surface area contributed by atoms with Gasteiger partial charge in [0.25, 0.3) is 0 Å². The van der Waals surface area contributed by atoms with Crippen LogP contribution in [0.1, 0.15) is 65.4 Å². The van der Waals surface area contributed by atoms with Crippen molar-refractivity contribution >= 4 is 12.2 Å². The van der Waals surface area contributed by atoms with E-state index in [4.69, 9.17) is 4.74 Å². The Bertz CT molecular complexity index is 655. The molecule has 0 heterocycles. The lowest BCUT2D eigenvalue weighted by atomic mass is 9.91. The molecule has 27 heavy (non-hydrogen) atoms. The van der Waals surface area contributed by atoms with Gasteiger partial charge < -0.3 is 15.4 Å². The minimum Gasteiger partial charge on any atom is -0.444 e. The van der Waals surface area contributed by atoms with Gasteiger partial charge in [-0.05, 0) is 71.3 Å². The van der Waals surface area contributed by atoms with E-state index in [1.165, 1.54) is 17.6 Å². The van der Waals surface area contributed by atoms with E-state index in [2.05, 4.69) is 54.0 Å². The predicted molar refractivity (Wildman–Crippen MR) is 111 cm³/mol. The van der Waals surface area contributed by atoms with Crippen LogP contribution in [-0.4, -0.2) is 29.8 Å². The summed E-state index contributed by atoms with van der Waals surface area (Å²) in [5.74, 6) is 0.669. The largest absolute Gasteiger partial charge is 0.444 e. The van der Waals surface area contributed by atoms with Gasteiger partial charge in [0, 0.05) is 18.1 Å². The standard InChI is InChI=1S/C23H34N2O2/c1-16(14-17-8-6-5-7-9-17)20-15-21(20)24-18-10-12-19(13-11-18)25-22(26)27-23(2,3)4/h5-9,14,18-21,24H,10-13,15H2,1-4H3,(H,25,26)/b16-14+/t18-,19-,20-,21+/m1/s1. The summed E-state index contributed by atoms with van der Waals surface area (Å²) in [5, 5.41) is 6.86. The van der Waals surface area contributed by atoms with Crippen molar-refractivity contribution in [2.45, 2.75) is 83.5 Å². The van der Waals surface area contributed by atoms with E-state index in [1.54, 1.807) is 0 Å². The van der Waals surface area contributed by atoms with E-state index in [1.807, 2.05) is 20.8 Å². The quantitative estimate of drug-likeness (QED) is 0.775. The summed E-state index contributed by atoms with van der Waals surface area (Å²) in [6, 6.07) is 12.0. The Morgan fingerprint density at radius 3 is 2.33 bits per heavy atom. The van der Waals surface area contributed by atoms with Gasteiger partial charge in [0.2, 0.25) is 0 Å². The minimum atomic E-state index is -0.436. The van der Waals surface area contributed by atoms with Gasteiger partial charge in [0.15, 0.2) is 0 Å². The molecule has 0 spiro atoms. The summed E-state index contributed by atoms with van der Waals surface area (Å²) in [4.78, 5) is 11.9. The fraction of sp³-hybridized carbons (Fsp3) is 0.609. The van der Waals surface area contributed by atoms with Crippen molar-refractivity contribution in [2.75, 3.05) is 0 Å². The van der Waals surface area contributed by atoms with E-state index in [-0.39, 0.29) is 12.1 Å². The second-order valence-corrected chi connectivity index (χ2v) is 9.11. The topological polar surface area (TPSA) is 50.4 Å². The van der Waals surface area contributed by atoms with E-state index in [0.717, 1.165) is 25.7 Å². The number of rotatable bonds is 5. The number of amides is 1. The van der Waals surface area contributed by atoms with Crippen molar-refractivity contribution in [1.82, 2.24) is 10.6 Å². The van der Waals surface area contributed by atoms with Crippen LogP contribution in [0.4, 0.5) is 4.79 Å². The first-order valence-electron chi connectivity index (χ1n) is 10.3. The van der Waals surface area contributed by atoms with Crippen LogP contribution in [0.5, 0.6) is 0 Å². The highest BCUT2D eigenvalue weighted by Crippen LogP contribution is 2.39. The number of ether oxygens (including phenoxy) is 1. The van der Waals surface area contributed by atoms with Crippen molar-refractivity contribution in [1.29, 1.82) is 0 Å². The fourth-order valence-electron chi connectivity index (χ4n) is 3.98. The molecule has 2 N–H and O–H groups in total. The van der Waals surface area contributed by atoms with E-state index >= 15 is 0 Å². The van der Waals surface area contributed by atoms with E-state index in [0.29, 0.717) is 18.0 Å². The summed E-state index contributed by atoms with van der Waals surface area (Å²) in [5.41, 5.74) is 2.32. The van der Waals surface area contributed by atoms with Crippen LogP contribution in [0.25, 0.3) is 6.08 Å². The van der Waals surface area contributed by atoms with Crippen molar-refractivity contribution in [3.63, 3.8) is 0 Å². The highest BCUT2D eigenvalue weighted by Gasteiger charge is 2.39. The van der Waals surface area contributed by atoms with Gasteiger partial charge in [-0.1, -0.05) is 42.0 Å². The monoisotopic (exact) mass is 370 g/mol. The zero-order valence-corrected chi connectivity index (χ0v) is 17.1. The second-order valence-electron chi connectivity index (χ2n) is 9.11. The summed E-state index contributed by atoms with van der Waals surface area (Å²) >= 11 is 0. The first-order valence-corrected chi connectivity index (χ1v) is 10.3. The Morgan fingerprint density at radius 2 is 1.70 bits per heavy atom. The molecule has 0 aromatic heterocycles. The van der Waals surface area contributed by atoms with Crippen LogP contribution in [0.15, 0.2) is 35.9 Å². The molecule has 0 bridgehead atoms. The van der Waals surface area contributed by atoms with Gasteiger partial charge >= 0.3 is 6.09 Å². The third kappa shape index (κ3) is 6.39. The lowest BCUT2D eigenvalue weighted by Crippen LogP contribution is -2.44. The fourth-order valence-corrected chi connectivity index (χ4v) is 3.98. The molecule has 0 radical (unpaired) electrons. The maximum atomic E-state index is 11.9. The maximum Gasteiger partial charge on any atom is 0.407 e. The van der Waals surface area contributed by atoms with Crippen LogP contribution in [0, 0.1) is 5.92 Å². The summed E-state index contributed by atoms with van der Waals surface area (Å²) in [6.07, 6.45) is 7.54. The molecule has 2 atom stereocenters. The van der Waals surface area contributed by atoms with Crippen LogP contribution < -0.4 is 10.6 Å². The number of carbonyl (C=O) groups is 1. The molecule has 2 aliphatic carbocycles. The Kier molecular flexibility index (Phi) is 6.25.